The molecule has 0 aromatic heterocycles. The van der Waals surface area contributed by atoms with Gasteiger partial charge in [0.2, 0.25) is 0 Å². The van der Waals surface area contributed by atoms with E-state index in [0.29, 0.717) is 12.5 Å². The number of carboxylic acid groups (broad SMARTS) is 1. The first-order chi connectivity index (χ1) is 8.95. The van der Waals surface area contributed by atoms with Crippen LogP contribution in [0.15, 0.2) is 0 Å². The molecule has 5 nitrogen and oxygen atoms in total. The van der Waals surface area contributed by atoms with Gasteiger partial charge in [-0.25, -0.2) is 4.79 Å². The van der Waals surface area contributed by atoms with E-state index in [2.05, 4.69) is 0 Å². The lowest BCUT2D eigenvalue weighted by atomic mass is 10.1. The summed E-state index contributed by atoms with van der Waals surface area (Å²) in [5.74, 6) is -0.250. The molecular weight excluding hydrogens is 244 g/mol. The van der Waals surface area contributed by atoms with Gasteiger partial charge in [-0.3, -0.25) is 4.79 Å². The van der Waals surface area contributed by atoms with E-state index >= 15 is 0 Å². The van der Waals surface area contributed by atoms with Gasteiger partial charge in [0, 0.05) is 26.2 Å². The van der Waals surface area contributed by atoms with E-state index < -0.39 is 5.97 Å². The average molecular weight is 270 g/mol. The lowest BCUT2D eigenvalue weighted by molar-refractivity contribution is -0.138. The zero-order valence-corrected chi connectivity index (χ0v) is 12.3. The van der Waals surface area contributed by atoms with E-state index in [0.717, 1.165) is 6.54 Å². The van der Waals surface area contributed by atoms with Crippen molar-refractivity contribution < 1.29 is 14.7 Å². The number of carbonyl (C=O) groups is 2. The molecule has 1 saturated carbocycles. The Labute approximate surface area is 115 Å². The second kappa shape index (κ2) is 7.36. The van der Waals surface area contributed by atoms with Crippen molar-refractivity contribution in [1.29, 1.82) is 0 Å². The van der Waals surface area contributed by atoms with Gasteiger partial charge < -0.3 is 14.9 Å². The van der Waals surface area contributed by atoms with Crippen LogP contribution in [0.4, 0.5) is 4.79 Å². The number of hydrogen-bond acceptors (Lipinski definition) is 2. The molecule has 2 amide bonds. The Morgan fingerprint density at radius 1 is 1.32 bits per heavy atom. The lowest BCUT2D eigenvalue weighted by Crippen LogP contribution is -2.47. The van der Waals surface area contributed by atoms with E-state index in [1.807, 2.05) is 14.0 Å². The van der Waals surface area contributed by atoms with Crippen molar-refractivity contribution >= 4 is 12.0 Å². The first kappa shape index (κ1) is 15.8. The third-order valence-corrected chi connectivity index (χ3v) is 3.92. The van der Waals surface area contributed by atoms with Gasteiger partial charge in [0.25, 0.3) is 0 Å². The molecule has 0 aliphatic heterocycles. The SMILES string of the molecule is CCN(C(=O)N(C)CC1CCCC1)C(C)CC(=O)O. The molecule has 0 radical (unpaired) electrons. The van der Waals surface area contributed by atoms with Crippen molar-refractivity contribution in [2.45, 2.75) is 52.0 Å². The van der Waals surface area contributed by atoms with Crippen LogP contribution in [0, 0.1) is 5.92 Å². The second-order valence-electron chi connectivity index (χ2n) is 5.55. The zero-order chi connectivity index (χ0) is 14.4. The number of nitrogens with zero attached hydrogens (tertiary/aromatic N) is 2. The van der Waals surface area contributed by atoms with Crippen molar-refractivity contribution in [3.8, 4) is 0 Å². The summed E-state index contributed by atoms with van der Waals surface area (Å²) in [5, 5.41) is 8.83. The molecule has 0 saturated heterocycles. The highest BCUT2D eigenvalue weighted by atomic mass is 16.4. The quantitative estimate of drug-likeness (QED) is 0.806. The van der Waals surface area contributed by atoms with Crippen LogP contribution in [0.3, 0.4) is 0 Å². The maximum Gasteiger partial charge on any atom is 0.319 e. The van der Waals surface area contributed by atoms with Crippen LogP contribution in [0.5, 0.6) is 0 Å². The van der Waals surface area contributed by atoms with Crippen LogP contribution in [0.25, 0.3) is 0 Å². The zero-order valence-electron chi connectivity index (χ0n) is 12.3. The first-order valence-corrected chi connectivity index (χ1v) is 7.19. The summed E-state index contributed by atoms with van der Waals surface area (Å²) in [6.45, 7) is 5.01. The summed E-state index contributed by atoms with van der Waals surface area (Å²) in [6, 6.07) is -0.316. The Morgan fingerprint density at radius 2 is 1.89 bits per heavy atom. The van der Waals surface area contributed by atoms with Crippen molar-refractivity contribution in [1.82, 2.24) is 9.80 Å². The molecule has 5 heteroatoms. The predicted molar refractivity (Wildman–Crippen MR) is 74.1 cm³/mol. The van der Waals surface area contributed by atoms with Gasteiger partial charge in [-0.1, -0.05) is 12.8 Å². The highest BCUT2D eigenvalue weighted by Crippen LogP contribution is 2.25. The van der Waals surface area contributed by atoms with Crippen LogP contribution in [-0.4, -0.2) is 53.1 Å². The van der Waals surface area contributed by atoms with Crippen molar-refractivity contribution in [3.63, 3.8) is 0 Å². The molecule has 0 aromatic rings. The fourth-order valence-corrected chi connectivity index (χ4v) is 2.88. The molecule has 110 valence electrons. The Hall–Kier alpha value is -1.26. The first-order valence-electron chi connectivity index (χ1n) is 7.19. The van der Waals surface area contributed by atoms with Gasteiger partial charge in [0.05, 0.1) is 6.42 Å². The monoisotopic (exact) mass is 270 g/mol. The van der Waals surface area contributed by atoms with Crippen LogP contribution in [-0.2, 0) is 4.79 Å². The Bertz CT molecular complexity index is 314. The molecule has 1 atom stereocenters. The van der Waals surface area contributed by atoms with Crippen molar-refractivity contribution in [2.24, 2.45) is 5.92 Å². The molecule has 0 aromatic carbocycles. The molecule has 1 aliphatic rings. The third kappa shape index (κ3) is 4.73. The minimum Gasteiger partial charge on any atom is -0.481 e. The summed E-state index contributed by atoms with van der Waals surface area (Å²) in [7, 11) is 1.82. The van der Waals surface area contributed by atoms with Gasteiger partial charge in [0.1, 0.15) is 0 Å². The van der Waals surface area contributed by atoms with E-state index in [4.69, 9.17) is 5.11 Å². The molecule has 1 aliphatic carbocycles. The largest absolute Gasteiger partial charge is 0.481 e. The minimum absolute atomic E-state index is 0.00313. The van der Waals surface area contributed by atoms with E-state index in [-0.39, 0.29) is 18.5 Å². The van der Waals surface area contributed by atoms with Gasteiger partial charge in [0.15, 0.2) is 0 Å². The topological polar surface area (TPSA) is 60.9 Å². The summed E-state index contributed by atoms with van der Waals surface area (Å²) < 4.78 is 0. The maximum absolute atomic E-state index is 12.3. The smallest absolute Gasteiger partial charge is 0.319 e. The molecule has 0 spiro atoms. The third-order valence-electron chi connectivity index (χ3n) is 3.92. The molecule has 1 unspecified atom stereocenters. The van der Waals surface area contributed by atoms with Gasteiger partial charge in [-0.05, 0) is 32.6 Å². The minimum atomic E-state index is -0.864. The second-order valence-corrected chi connectivity index (χ2v) is 5.55. The summed E-state index contributed by atoms with van der Waals surface area (Å²) in [6.07, 6.45) is 4.93. The Balaban J connectivity index is 2.53. The standard InChI is InChI=1S/C14H26N2O3/c1-4-16(11(2)9-13(17)18)14(19)15(3)10-12-7-5-6-8-12/h11-12H,4-10H2,1-3H3,(H,17,18). The number of aliphatic carboxylic acids is 1. The highest BCUT2D eigenvalue weighted by molar-refractivity contribution is 5.75. The Morgan fingerprint density at radius 3 is 2.37 bits per heavy atom. The van der Waals surface area contributed by atoms with E-state index in [1.165, 1.54) is 25.7 Å². The van der Waals surface area contributed by atoms with Gasteiger partial charge in [-0.2, -0.15) is 0 Å². The maximum atomic E-state index is 12.3. The molecule has 1 fully saturated rings. The molecule has 0 bridgehead atoms. The number of amides is 2. The predicted octanol–water partition coefficient (Wildman–Crippen LogP) is 2.41. The number of hydrogen-bond donors (Lipinski definition) is 1. The van der Waals surface area contributed by atoms with Crippen LogP contribution in [0.2, 0.25) is 0 Å². The normalized spacial score (nSPS) is 17.2. The summed E-state index contributed by atoms with van der Waals surface area (Å²) >= 11 is 0. The number of carbonyl (C=O) groups excluding carboxylic acids is 1. The summed E-state index contributed by atoms with van der Waals surface area (Å²) in [5.41, 5.74) is 0. The number of urea groups is 1. The van der Waals surface area contributed by atoms with E-state index in [9.17, 15) is 9.59 Å². The van der Waals surface area contributed by atoms with Gasteiger partial charge in [-0.15, -0.1) is 0 Å². The summed E-state index contributed by atoms with van der Waals surface area (Å²) in [4.78, 5) is 26.5. The van der Waals surface area contributed by atoms with Crippen molar-refractivity contribution in [2.75, 3.05) is 20.1 Å². The van der Waals surface area contributed by atoms with Crippen LogP contribution < -0.4 is 0 Å². The Kier molecular flexibility index (Phi) is 6.12. The molecule has 0 heterocycles. The van der Waals surface area contributed by atoms with Gasteiger partial charge >= 0.3 is 12.0 Å². The number of rotatable bonds is 6. The number of carboxylic acids is 1. The van der Waals surface area contributed by atoms with E-state index in [1.54, 1.807) is 16.7 Å². The fourth-order valence-electron chi connectivity index (χ4n) is 2.88. The molecule has 19 heavy (non-hydrogen) atoms. The molecule has 1 N–H and O–H groups in total. The fraction of sp³-hybridized carbons (Fsp3) is 0.857. The lowest BCUT2D eigenvalue weighted by Gasteiger charge is -2.32. The van der Waals surface area contributed by atoms with Crippen molar-refractivity contribution in [3.05, 3.63) is 0 Å². The molecular formula is C14H26N2O3. The molecule has 1 rings (SSSR count). The van der Waals surface area contributed by atoms with Crippen LogP contribution >= 0.6 is 0 Å². The average Bonchev–Trinajstić information content (AvgIpc) is 2.81. The highest BCUT2D eigenvalue weighted by Gasteiger charge is 2.25. The van der Waals surface area contributed by atoms with Crippen LogP contribution in [0.1, 0.15) is 46.0 Å².